The van der Waals surface area contributed by atoms with E-state index in [4.69, 9.17) is 4.42 Å². The van der Waals surface area contributed by atoms with E-state index in [0.29, 0.717) is 0 Å². The standard InChI is InChI=1S/C72H47NO/c1-2-19-49-47(17-1)48-18-3-4-20-50(48)58-40-45(32-34-51(49)58)73(46-33-35-63-59(41-46)54-23-5-10-26-62(54)71(63)37-15-16-38-71)68-43-67-60(42-57(68)44-31-36-70-61(39-44)56-25-9-14-30-69(56)74-70)55-24-8-13-29-66(55)72(67)64-27-11-6-21-52(64)53-22-7-12-28-65(53)72/h1-14,17-36,39-43H,15-16,37-38H2. The Labute approximate surface area is 429 Å². The van der Waals surface area contributed by atoms with Crippen LogP contribution >= 0.6 is 0 Å². The number of hydrogen-bond donors (Lipinski definition) is 0. The van der Waals surface area contributed by atoms with Crippen LogP contribution in [0.15, 0.2) is 241 Å². The summed E-state index contributed by atoms with van der Waals surface area (Å²) in [5.41, 5.74) is 23.2. The van der Waals surface area contributed by atoms with E-state index in [0.717, 1.165) is 44.6 Å². The average Bonchev–Trinajstić information content (AvgIpc) is 4.41. The van der Waals surface area contributed by atoms with Crippen LogP contribution in [0.4, 0.5) is 17.1 Å². The molecule has 74 heavy (non-hydrogen) atoms. The molecule has 0 N–H and O–H groups in total. The highest BCUT2D eigenvalue weighted by molar-refractivity contribution is 6.26. The van der Waals surface area contributed by atoms with Gasteiger partial charge in [0.15, 0.2) is 0 Å². The van der Waals surface area contributed by atoms with E-state index in [9.17, 15) is 0 Å². The van der Waals surface area contributed by atoms with E-state index in [1.165, 1.54) is 130 Å². The smallest absolute Gasteiger partial charge is 0.135 e. The number of para-hydroxylation sites is 1. The van der Waals surface area contributed by atoms with Crippen molar-refractivity contribution in [2.75, 3.05) is 4.90 Å². The second-order valence-corrected chi connectivity index (χ2v) is 21.3. The van der Waals surface area contributed by atoms with E-state index >= 15 is 0 Å². The lowest BCUT2D eigenvalue weighted by molar-refractivity contribution is 0.550. The Morgan fingerprint density at radius 2 is 0.770 bits per heavy atom. The molecule has 13 aromatic rings. The monoisotopic (exact) mass is 941 g/mol. The molecule has 0 amide bonds. The first-order valence-corrected chi connectivity index (χ1v) is 26.4. The molecule has 4 aliphatic carbocycles. The zero-order chi connectivity index (χ0) is 48.3. The van der Waals surface area contributed by atoms with Crippen LogP contribution in [0, 0.1) is 0 Å². The normalized spacial score (nSPS) is 15.0. The van der Waals surface area contributed by atoms with Crippen molar-refractivity contribution in [1.29, 1.82) is 0 Å². The maximum atomic E-state index is 6.52. The van der Waals surface area contributed by atoms with E-state index < -0.39 is 5.41 Å². The molecule has 1 saturated carbocycles. The van der Waals surface area contributed by atoms with Gasteiger partial charge < -0.3 is 9.32 Å². The first kappa shape index (κ1) is 40.6. The molecule has 2 heteroatoms. The minimum Gasteiger partial charge on any atom is -0.456 e. The highest BCUT2D eigenvalue weighted by Crippen LogP contribution is 2.65. The number of rotatable bonds is 4. The molecule has 0 atom stereocenters. The zero-order valence-electron chi connectivity index (χ0n) is 40.7. The third-order valence-corrected chi connectivity index (χ3v) is 18.0. The summed E-state index contributed by atoms with van der Waals surface area (Å²) in [4.78, 5) is 2.61. The van der Waals surface area contributed by atoms with Crippen LogP contribution in [0.5, 0.6) is 0 Å². The number of fused-ring (bicyclic) bond motifs is 24. The van der Waals surface area contributed by atoms with Gasteiger partial charge in [-0.2, -0.15) is 0 Å². The van der Waals surface area contributed by atoms with Crippen LogP contribution in [0.2, 0.25) is 0 Å². The van der Waals surface area contributed by atoms with E-state index in [1.54, 1.807) is 0 Å². The number of furan rings is 1. The topological polar surface area (TPSA) is 16.4 Å². The summed E-state index contributed by atoms with van der Waals surface area (Å²) in [5, 5.41) is 9.83. The zero-order valence-corrected chi connectivity index (χ0v) is 40.7. The van der Waals surface area contributed by atoms with Gasteiger partial charge in [0.05, 0.1) is 11.1 Å². The summed E-state index contributed by atoms with van der Waals surface area (Å²) < 4.78 is 6.52. The lowest BCUT2D eigenvalue weighted by atomic mass is 9.70. The highest BCUT2D eigenvalue weighted by atomic mass is 16.3. The molecule has 346 valence electrons. The van der Waals surface area contributed by atoms with Gasteiger partial charge in [-0.3, -0.25) is 0 Å². The van der Waals surface area contributed by atoms with Crippen molar-refractivity contribution in [1.82, 2.24) is 0 Å². The van der Waals surface area contributed by atoms with Crippen LogP contribution in [0.25, 0.3) is 98.8 Å². The molecule has 0 bridgehead atoms. The van der Waals surface area contributed by atoms with Crippen LogP contribution in [-0.2, 0) is 10.8 Å². The summed E-state index contributed by atoms with van der Waals surface area (Å²) in [7, 11) is 0. The summed E-state index contributed by atoms with van der Waals surface area (Å²) in [6, 6.07) is 89.9. The third-order valence-electron chi connectivity index (χ3n) is 18.0. The van der Waals surface area contributed by atoms with E-state index in [2.05, 4.69) is 241 Å². The molecule has 0 radical (unpaired) electrons. The third kappa shape index (κ3) is 5.19. The maximum absolute atomic E-state index is 6.52. The molecule has 0 saturated heterocycles. The van der Waals surface area contributed by atoms with Crippen molar-refractivity contribution in [3.05, 3.63) is 270 Å². The first-order chi connectivity index (χ1) is 36.7. The van der Waals surface area contributed by atoms with Crippen LogP contribution in [0.3, 0.4) is 0 Å². The molecular formula is C72H47NO. The van der Waals surface area contributed by atoms with Crippen LogP contribution < -0.4 is 4.90 Å². The van der Waals surface area contributed by atoms with Gasteiger partial charge in [-0.15, -0.1) is 0 Å². The Morgan fingerprint density at radius 3 is 1.43 bits per heavy atom. The molecule has 0 unspecified atom stereocenters. The predicted octanol–water partition coefficient (Wildman–Crippen LogP) is 19.4. The largest absolute Gasteiger partial charge is 0.456 e. The highest BCUT2D eigenvalue weighted by Gasteiger charge is 2.52. The maximum Gasteiger partial charge on any atom is 0.135 e. The number of benzene rings is 12. The van der Waals surface area contributed by atoms with Gasteiger partial charge in [-0.25, -0.2) is 0 Å². The Kier molecular flexibility index (Phi) is 8.13. The number of anilines is 3. The molecule has 2 spiro atoms. The van der Waals surface area contributed by atoms with Gasteiger partial charge in [0.2, 0.25) is 0 Å². The van der Waals surface area contributed by atoms with Gasteiger partial charge in [0.1, 0.15) is 11.2 Å². The SMILES string of the molecule is c1ccc2c(c1)-c1cc(N(c3ccc4c5ccccc5c5ccccc5c4c3)c3cc4c(cc3-c3ccc5oc6ccccc6c5c3)-c3ccccc3C43c4ccccc4-c4ccccc43)ccc1C21CCCC1. The molecule has 4 aliphatic rings. The summed E-state index contributed by atoms with van der Waals surface area (Å²) in [5.74, 6) is 0. The van der Waals surface area contributed by atoms with Crippen LogP contribution in [0.1, 0.15) is 59.1 Å². The summed E-state index contributed by atoms with van der Waals surface area (Å²) in [6.07, 6.45) is 4.90. The molecule has 0 aliphatic heterocycles. The van der Waals surface area contributed by atoms with Crippen molar-refractivity contribution in [2.24, 2.45) is 0 Å². The molecule has 1 aromatic heterocycles. The lowest BCUT2D eigenvalue weighted by Gasteiger charge is -2.34. The fourth-order valence-corrected chi connectivity index (χ4v) is 15.0. The lowest BCUT2D eigenvalue weighted by Crippen LogP contribution is -2.26. The number of hydrogen-bond acceptors (Lipinski definition) is 2. The Morgan fingerprint density at radius 1 is 0.297 bits per heavy atom. The van der Waals surface area contributed by atoms with Crippen molar-refractivity contribution in [2.45, 2.75) is 36.5 Å². The summed E-state index contributed by atoms with van der Waals surface area (Å²) in [6.45, 7) is 0. The van der Waals surface area contributed by atoms with Crippen molar-refractivity contribution in [3.8, 4) is 44.5 Å². The average molecular weight is 942 g/mol. The minimum atomic E-state index is -0.535. The predicted molar refractivity (Wildman–Crippen MR) is 307 cm³/mol. The Hall–Kier alpha value is -8.98. The van der Waals surface area contributed by atoms with E-state index in [1.807, 2.05) is 0 Å². The molecule has 2 nitrogen and oxygen atoms in total. The van der Waals surface area contributed by atoms with Crippen LogP contribution in [-0.4, -0.2) is 0 Å². The van der Waals surface area contributed by atoms with Gasteiger partial charge in [-0.1, -0.05) is 195 Å². The van der Waals surface area contributed by atoms with Gasteiger partial charge in [-0.05, 0) is 172 Å². The van der Waals surface area contributed by atoms with E-state index in [-0.39, 0.29) is 5.41 Å². The van der Waals surface area contributed by atoms with Crippen molar-refractivity contribution < 1.29 is 4.42 Å². The molecule has 1 fully saturated rings. The first-order valence-electron chi connectivity index (χ1n) is 26.4. The Balaban J connectivity index is 1.02. The quantitative estimate of drug-likeness (QED) is 0.164. The second-order valence-electron chi connectivity index (χ2n) is 21.3. The molecule has 1 heterocycles. The molecule has 17 rings (SSSR count). The summed E-state index contributed by atoms with van der Waals surface area (Å²) >= 11 is 0. The van der Waals surface area contributed by atoms with Crippen molar-refractivity contribution in [3.63, 3.8) is 0 Å². The number of nitrogens with zero attached hydrogens (tertiary/aromatic N) is 1. The fraction of sp³-hybridized carbons (Fsp3) is 0.0833. The van der Waals surface area contributed by atoms with Gasteiger partial charge >= 0.3 is 0 Å². The van der Waals surface area contributed by atoms with Gasteiger partial charge in [0.25, 0.3) is 0 Å². The minimum absolute atomic E-state index is 0.0567. The second kappa shape index (κ2) is 14.8. The fourth-order valence-electron chi connectivity index (χ4n) is 15.0. The Bertz CT molecular complexity index is 4500. The van der Waals surface area contributed by atoms with Crippen molar-refractivity contribution >= 4 is 71.3 Å². The van der Waals surface area contributed by atoms with Gasteiger partial charge in [0, 0.05) is 33.1 Å². The molecular weight excluding hydrogens is 895 g/mol. The molecule has 12 aromatic carbocycles.